The van der Waals surface area contributed by atoms with Gasteiger partial charge in [0.1, 0.15) is 5.82 Å². The summed E-state index contributed by atoms with van der Waals surface area (Å²) in [5.74, 6) is 1.02. The van der Waals surface area contributed by atoms with Gasteiger partial charge in [-0.2, -0.15) is 0 Å². The first kappa shape index (κ1) is 6.85. The average molecular weight is 151 g/mol. The maximum absolute atomic E-state index is 5.74. The Labute approximate surface area is 66.2 Å². The lowest BCUT2D eigenvalue weighted by Gasteiger charge is -2.07. The normalized spacial score (nSPS) is 20.2. The van der Waals surface area contributed by atoms with Crippen molar-refractivity contribution in [2.24, 2.45) is 5.73 Å². The summed E-state index contributed by atoms with van der Waals surface area (Å²) in [7, 11) is 0. The zero-order valence-electron chi connectivity index (χ0n) is 6.70. The van der Waals surface area contributed by atoms with Crippen LogP contribution in [0.5, 0.6) is 0 Å². The summed E-state index contributed by atoms with van der Waals surface area (Å²) in [6.45, 7) is 1.97. The molecule has 0 bridgehead atoms. The highest BCUT2D eigenvalue weighted by atomic mass is 15.1. The summed E-state index contributed by atoms with van der Waals surface area (Å²) in [4.78, 5) is 4.21. The fourth-order valence-corrected chi connectivity index (χ4v) is 1.34. The van der Waals surface area contributed by atoms with Gasteiger partial charge in [0, 0.05) is 18.4 Å². The van der Waals surface area contributed by atoms with Crippen molar-refractivity contribution in [2.75, 3.05) is 0 Å². The second-order valence-corrected chi connectivity index (χ2v) is 3.21. The predicted molar refractivity (Wildman–Crippen MR) is 43.1 cm³/mol. The minimum Gasteiger partial charge on any atom is -0.331 e. The molecule has 1 atom stereocenters. The van der Waals surface area contributed by atoms with E-state index in [2.05, 4.69) is 9.55 Å². The number of imidazole rings is 1. The molecule has 0 unspecified atom stereocenters. The van der Waals surface area contributed by atoms with Gasteiger partial charge in [-0.3, -0.25) is 0 Å². The lowest BCUT2D eigenvalue weighted by atomic mass is 10.3. The molecular formula is C8H13N3. The predicted octanol–water partition coefficient (Wildman–Crippen LogP) is 1.24. The number of nitrogens with two attached hydrogens (primary N) is 1. The van der Waals surface area contributed by atoms with Gasteiger partial charge in [0.2, 0.25) is 0 Å². The molecule has 1 aliphatic rings. The zero-order chi connectivity index (χ0) is 7.84. The third-order valence-corrected chi connectivity index (χ3v) is 2.05. The SMILES string of the molecule is C[C@H](N)c1nccn1C1CC1. The minimum absolute atomic E-state index is 0.0607. The Balaban J connectivity index is 2.30. The van der Waals surface area contributed by atoms with E-state index in [0.29, 0.717) is 6.04 Å². The van der Waals surface area contributed by atoms with E-state index in [0.717, 1.165) is 5.82 Å². The van der Waals surface area contributed by atoms with Crippen molar-refractivity contribution in [3.05, 3.63) is 18.2 Å². The van der Waals surface area contributed by atoms with E-state index in [-0.39, 0.29) is 6.04 Å². The quantitative estimate of drug-likeness (QED) is 0.691. The van der Waals surface area contributed by atoms with Crippen LogP contribution in [0.15, 0.2) is 12.4 Å². The van der Waals surface area contributed by atoms with Crippen LogP contribution in [0, 0.1) is 0 Å². The van der Waals surface area contributed by atoms with E-state index in [9.17, 15) is 0 Å². The second kappa shape index (κ2) is 2.34. The summed E-state index contributed by atoms with van der Waals surface area (Å²) >= 11 is 0. The Morgan fingerprint density at radius 1 is 1.73 bits per heavy atom. The van der Waals surface area contributed by atoms with Crippen LogP contribution in [0.4, 0.5) is 0 Å². The summed E-state index contributed by atoms with van der Waals surface area (Å²) in [6.07, 6.45) is 6.43. The molecule has 2 N–H and O–H groups in total. The third-order valence-electron chi connectivity index (χ3n) is 2.05. The Hall–Kier alpha value is -0.830. The van der Waals surface area contributed by atoms with Crippen molar-refractivity contribution >= 4 is 0 Å². The molecule has 1 aromatic rings. The first-order valence-electron chi connectivity index (χ1n) is 4.07. The highest BCUT2D eigenvalue weighted by molar-refractivity contribution is 5.02. The maximum atomic E-state index is 5.74. The molecule has 0 spiro atoms. The number of hydrogen-bond donors (Lipinski definition) is 1. The number of aromatic nitrogens is 2. The van der Waals surface area contributed by atoms with Crippen LogP contribution in [-0.4, -0.2) is 9.55 Å². The van der Waals surface area contributed by atoms with Crippen LogP contribution in [0.25, 0.3) is 0 Å². The second-order valence-electron chi connectivity index (χ2n) is 3.21. The van der Waals surface area contributed by atoms with E-state index in [1.54, 1.807) is 0 Å². The molecule has 1 aromatic heterocycles. The van der Waals surface area contributed by atoms with E-state index >= 15 is 0 Å². The number of hydrogen-bond acceptors (Lipinski definition) is 2. The van der Waals surface area contributed by atoms with Crippen molar-refractivity contribution in [1.29, 1.82) is 0 Å². The van der Waals surface area contributed by atoms with Gasteiger partial charge in [0.05, 0.1) is 6.04 Å². The Kier molecular flexibility index (Phi) is 1.46. The van der Waals surface area contributed by atoms with Crippen molar-refractivity contribution in [2.45, 2.75) is 31.8 Å². The van der Waals surface area contributed by atoms with Crippen LogP contribution < -0.4 is 5.73 Å². The summed E-state index contributed by atoms with van der Waals surface area (Å²) in [5, 5.41) is 0. The third kappa shape index (κ3) is 1.16. The van der Waals surface area contributed by atoms with Gasteiger partial charge in [-0.25, -0.2) is 4.98 Å². The molecule has 0 aliphatic heterocycles. The van der Waals surface area contributed by atoms with Gasteiger partial charge >= 0.3 is 0 Å². The Morgan fingerprint density at radius 3 is 3.00 bits per heavy atom. The monoisotopic (exact) mass is 151 g/mol. The molecule has 2 rings (SSSR count). The van der Waals surface area contributed by atoms with Gasteiger partial charge in [-0.15, -0.1) is 0 Å². The first-order valence-corrected chi connectivity index (χ1v) is 4.07. The van der Waals surface area contributed by atoms with Crippen LogP contribution in [0.1, 0.15) is 37.7 Å². The molecule has 0 radical (unpaired) electrons. The number of nitrogens with zero attached hydrogens (tertiary/aromatic N) is 2. The molecule has 0 amide bonds. The van der Waals surface area contributed by atoms with E-state index in [4.69, 9.17) is 5.73 Å². The topological polar surface area (TPSA) is 43.8 Å². The van der Waals surface area contributed by atoms with E-state index < -0.39 is 0 Å². The van der Waals surface area contributed by atoms with Gasteiger partial charge < -0.3 is 10.3 Å². The highest BCUT2D eigenvalue weighted by Gasteiger charge is 2.25. The number of rotatable bonds is 2. The molecule has 1 fully saturated rings. The lowest BCUT2D eigenvalue weighted by Crippen LogP contribution is -2.12. The molecule has 0 saturated heterocycles. The van der Waals surface area contributed by atoms with Gasteiger partial charge in [-0.05, 0) is 19.8 Å². The molecule has 3 nitrogen and oxygen atoms in total. The van der Waals surface area contributed by atoms with Crippen molar-refractivity contribution in [3.8, 4) is 0 Å². The highest BCUT2D eigenvalue weighted by Crippen LogP contribution is 2.36. The summed E-state index contributed by atoms with van der Waals surface area (Å²) in [6, 6.07) is 0.754. The van der Waals surface area contributed by atoms with Crippen LogP contribution in [-0.2, 0) is 0 Å². The first-order chi connectivity index (χ1) is 5.29. The zero-order valence-corrected chi connectivity index (χ0v) is 6.70. The van der Waals surface area contributed by atoms with Crippen LogP contribution in [0.3, 0.4) is 0 Å². The fourth-order valence-electron chi connectivity index (χ4n) is 1.34. The van der Waals surface area contributed by atoms with Crippen LogP contribution >= 0.6 is 0 Å². The van der Waals surface area contributed by atoms with Gasteiger partial charge in [0.25, 0.3) is 0 Å². The molecule has 60 valence electrons. The molecule has 1 aliphatic carbocycles. The molecular weight excluding hydrogens is 138 g/mol. The van der Waals surface area contributed by atoms with Crippen LogP contribution in [0.2, 0.25) is 0 Å². The summed E-state index contributed by atoms with van der Waals surface area (Å²) in [5.41, 5.74) is 5.74. The standard InChI is InChI=1S/C8H13N3/c1-6(9)8-10-4-5-11(8)7-2-3-7/h4-7H,2-3,9H2,1H3/t6-/m0/s1. The molecule has 1 heterocycles. The molecule has 3 heteroatoms. The van der Waals surface area contributed by atoms with Crippen molar-refractivity contribution in [3.63, 3.8) is 0 Å². The average Bonchev–Trinajstić information content (AvgIpc) is 2.68. The Bertz CT molecular complexity index is 231. The van der Waals surface area contributed by atoms with E-state index in [1.165, 1.54) is 12.8 Å². The maximum Gasteiger partial charge on any atom is 0.125 e. The Morgan fingerprint density at radius 2 is 2.45 bits per heavy atom. The minimum atomic E-state index is 0.0607. The largest absolute Gasteiger partial charge is 0.331 e. The van der Waals surface area contributed by atoms with E-state index in [1.807, 2.05) is 19.3 Å². The van der Waals surface area contributed by atoms with Crippen molar-refractivity contribution < 1.29 is 0 Å². The van der Waals surface area contributed by atoms with Gasteiger partial charge in [0.15, 0.2) is 0 Å². The molecule has 11 heavy (non-hydrogen) atoms. The smallest absolute Gasteiger partial charge is 0.125 e. The molecule has 0 aromatic carbocycles. The fraction of sp³-hybridized carbons (Fsp3) is 0.625. The molecule has 1 saturated carbocycles. The van der Waals surface area contributed by atoms with Crippen molar-refractivity contribution in [1.82, 2.24) is 9.55 Å². The lowest BCUT2D eigenvalue weighted by molar-refractivity contribution is 0.626. The summed E-state index contributed by atoms with van der Waals surface area (Å²) < 4.78 is 2.20. The van der Waals surface area contributed by atoms with Gasteiger partial charge in [-0.1, -0.05) is 0 Å².